The average Bonchev–Trinajstić information content (AvgIpc) is 3.42. The molecule has 4 aliphatic heterocycles. The van der Waals surface area contributed by atoms with Gasteiger partial charge in [0.25, 0.3) is 0 Å². The Morgan fingerprint density at radius 3 is 2.54 bits per heavy atom. The van der Waals surface area contributed by atoms with Gasteiger partial charge in [0.1, 0.15) is 12.4 Å². The first-order valence-corrected chi connectivity index (χ1v) is 13.3. The molecule has 1 N–H and O–H groups in total. The predicted octanol–water partition coefficient (Wildman–Crippen LogP) is 2.37. The minimum Gasteiger partial charge on any atom is -0.465 e. The Kier molecular flexibility index (Phi) is 6.36. The Bertz CT molecular complexity index is 1160. The molecule has 5 heterocycles. The highest BCUT2D eigenvalue weighted by Crippen LogP contribution is 2.36. The number of hydrogen-bond acceptors (Lipinski definition) is 7. The number of carbonyl (C=O) groups is 2. The smallest absolute Gasteiger partial charge is 0.407 e. The van der Waals surface area contributed by atoms with Gasteiger partial charge in [-0.15, -0.1) is 0 Å². The molecule has 3 fully saturated rings. The lowest BCUT2D eigenvalue weighted by Crippen LogP contribution is -2.56. The number of piperazine rings is 1. The number of ether oxygens (including phenoxy) is 1. The summed E-state index contributed by atoms with van der Waals surface area (Å²) in [5.74, 6) is 0.782. The molecule has 0 radical (unpaired) electrons. The molecule has 6 rings (SSSR count). The number of aromatic nitrogens is 2. The van der Waals surface area contributed by atoms with Gasteiger partial charge in [0.2, 0.25) is 5.91 Å². The zero-order valence-corrected chi connectivity index (χ0v) is 21.3. The Morgan fingerprint density at radius 2 is 1.86 bits per heavy atom. The summed E-state index contributed by atoms with van der Waals surface area (Å²) in [5, 5.41) is 9.70. The van der Waals surface area contributed by atoms with Crippen molar-refractivity contribution in [1.29, 1.82) is 0 Å². The summed E-state index contributed by atoms with van der Waals surface area (Å²) in [6.45, 7) is 3.66. The van der Waals surface area contributed by atoms with Crippen LogP contribution >= 0.6 is 0 Å². The van der Waals surface area contributed by atoms with Gasteiger partial charge >= 0.3 is 12.1 Å². The number of benzene rings is 1. The number of fused-ring (bicyclic) bond motifs is 3. The average molecular weight is 507 g/mol. The molecule has 10 heteroatoms. The van der Waals surface area contributed by atoms with E-state index in [0.717, 1.165) is 54.9 Å². The summed E-state index contributed by atoms with van der Waals surface area (Å²) < 4.78 is 6.17. The van der Waals surface area contributed by atoms with Gasteiger partial charge in [-0.25, -0.2) is 4.79 Å². The molecule has 3 saturated heterocycles. The van der Waals surface area contributed by atoms with Gasteiger partial charge in [-0.2, -0.15) is 9.97 Å². The molecule has 2 amide bonds. The fourth-order valence-electron chi connectivity index (χ4n) is 6.36. The van der Waals surface area contributed by atoms with E-state index in [0.29, 0.717) is 44.8 Å². The first kappa shape index (κ1) is 24.0. The van der Waals surface area contributed by atoms with Gasteiger partial charge in [-0.05, 0) is 44.8 Å². The van der Waals surface area contributed by atoms with E-state index in [1.54, 1.807) is 4.90 Å². The topological polar surface area (TPSA) is 102 Å². The molecule has 10 nitrogen and oxygen atoms in total. The number of hydrogen-bond donors (Lipinski definition) is 1. The number of carboxylic acid groups (broad SMARTS) is 1. The van der Waals surface area contributed by atoms with Crippen LogP contribution < -0.4 is 9.64 Å². The molecule has 2 aromatic rings. The van der Waals surface area contributed by atoms with Crippen LogP contribution in [0.1, 0.15) is 42.5 Å². The monoisotopic (exact) mass is 506 g/mol. The normalized spacial score (nSPS) is 25.5. The zero-order chi connectivity index (χ0) is 25.5. The molecular formula is C27H34N6O4. The second kappa shape index (κ2) is 9.81. The third kappa shape index (κ3) is 4.70. The van der Waals surface area contributed by atoms with Crippen molar-refractivity contribution in [1.82, 2.24) is 24.7 Å². The van der Waals surface area contributed by atoms with Gasteiger partial charge < -0.3 is 24.5 Å². The molecule has 0 aliphatic carbocycles. The maximum atomic E-state index is 13.2. The van der Waals surface area contributed by atoms with Crippen LogP contribution in [0.15, 0.2) is 30.3 Å². The van der Waals surface area contributed by atoms with Gasteiger partial charge in [-0.1, -0.05) is 30.3 Å². The molecule has 0 unspecified atom stereocenters. The number of likely N-dealkylation sites (N-methyl/N-ethyl adjacent to an activating group) is 1. The van der Waals surface area contributed by atoms with Gasteiger partial charge in [0.05, 0.1) is 30.7 Å². The Balaban J connectivity index is 1.29. The van der Waals surface area contributed by atoms with Crippen molar-refractivity contribution in [2.45, 2.75) is 63.3 Å². The van der Waals surface area contributed by atoms with Crippen LogP contribution in [0, 0.1) is 0 Å². The van der Waals surface area contributed by atoms with Crippen LogP contribution in [0.2, 0.25) is 0 Å². The second-order valence-electron chi connectivity index (χ2n) is 10.7. The van der Waals surface area contributed by atoms with Crippen LogP contribution in [0.4, 0.5) is 10.6 Å². The Hall–Kier alpha value is -3.40. The highest BCUT2D eigenvalue weighted by Gasteiger charge is 2.44. The summed E-state index contributed by atoms with van der Waals surface area (Å²) >= 11 is 0. The van der Waals surface area contributed by atoms with E-state index < -0.39 is 6.09 Å². The van der Waals surface area contributed by atoms with Crippen LogP contribution in [0.25, 0.3) is 0 Å². The van der Waals surface area contributed by atoms with E-state index in [-0.39, 0.29) is 24.4 Å². The molecular weight excluding hydrogens is 472 g/mol. The third-order valence-electron chi connectivity index (χ3n) is 8.37. The summed E-state index contributed by atoms with van der Waals surface area (Å²) in [4.78, 5) is 42.6. The Labute approximate surface area is 216 Å². The largest absolute Gasteiger partial charge is 0.465 e. The van der Waals surface area contributed by atoms with Crippen molar-refractivity contribution in [2.24, 2.45) is 0 Å². The van der Waals surface area contributed by atoms with Crippen LogP contribution in [-0.2, 0) is 24.3 Å². The molecule has 196 valence electrons. The number of rotatable bonds is 6. The first-order valence-electron chi connectivity index (χ1n) is 13.3. The highest BCUT2D eigenvalue weighted by atomic mass is 16.5. The van der Waals surface area contributed by atoms with Crippen molar-refractivity contribution in [3.8, 4) is 6.01 Å². The lowest BCUT2D eigenvalue weighted by molar-refractivity contribution is -0.132. The van der Waals surface area contributed by atoms with E-state index in [1.165, 1.54) is 0 Å². The molecule has 1 aromatic carbocycles. The van der Waals surface area contributed by atoms with E-state index >= 15 is 0 Å². The maximum Gasteiger partial charge on any atom is 0.407 e. The number of likely N-dealkylation sites (tertiary alicyclic amines) is 1. The number of carbonyl (C=O) groups excluding carboxylic acids is 1. The lowest BCUT2D eigenvalue weighted by atomic mass is 10.0. The molecule has 0 saturated carbocycles. The van der Waals surface area contributed by atoms with Crippen molar-refractivity contribution in [3.05, 3.63) is 47.2 Å². The third-order valence-corrected chi connectivity index (χ3v) is 8.37. The van der Waals surface area contributed by atoms with Crippen LogP contribution in [0.5, 0.6) is 6.01 Å². The van der Waals surface area contributed by atoms with Crippen molar-refractivity contribution in [3.63, 3.8) is 0 Å². The molecule has 4 aliphatic rings. The maximum absolute atomic E-state index is 13.2. The summed E-state index contributed by atoms with van der Waals surface area (Å²) in [6, 6.07) is 10.5. The quantitative estimate of drug-likeness (QED) is 0.637. The summed E-state index contributed by atoms with van der Waals surface area (Å²) in [5.41, 5.74) is 2.75. The fourth-order valence-corrected chi connectivity index (χ4v) is 6.36. The number of nitrogens with zero attached hydrogens (tertiary/aromatic N) is 6. The van der Waals surface area contributed by atoms with Gasteiger partial charge in [0, 0.05) is 31.2 Å². The number of anilines is 1. The predicted molar refractivity (Wildman–Crippen MR) is 136 cm³/mol. The first-order chi connectivity index (χ1) is 18.0. The highest BCUT2D eigenvalue weighted by molar-refractivity contribution is 5.82. The van der Waals surface area contributed by atoms with Crippen molar-refractivity contribution in [2.75, 3.05) is 38.2 Å². The molecule has 0 spiro atoms. The molecule has 1 aromatic heterocycles. The minimum atomic E-state index is -0.853. The molecule has 3 atom stereocenters. The lowest BCUT2D eigenvalue weighted by Gasteiger charge is -2.41. The minimum absolute atomic E-state index is 0.0506. The SMILES string of the molecule is CN1CCC[C@H]1COc1nc2c(c(N3C[C@H]4CC[C@@H](C3)N4C(=O)O)n1)CC(=O)N(Cc1ccccc1)C2. The van der Waals surface area contributed by atoms with Crippen molar-refractivity contribution >= 4 is 17.8 Å². The van der Waals surface area contributed by atoms with Gasteiger partial charge in [-0.3, -0.25) is 9.69 Å². The van der Waals surface area contributed by atoms with E-state index in [2.05, 4.69) is 16.8 Å². The van der Waals surface area contributed by atoms with E-state index in [1.807, 2.05) is 35.2 Å². The van der Waals surface area contributed by atoms with Crippen molar-refractivity contribution < 1.29 is 19.4 Å². The van der Waals surface area contributed by atoms with Crippen LogP contribution in [-0.4, -0.2) is 93.2 Å². The number of amides is 2. The summed E-state index contributed by atoms with van der Waals surface area (Å²) in [6.07, 6.45) is 3.33. The van der Waals surface area contributed by atoms with Gasteiger partial charge in [0.15, 0.2) is 0 Å². The zero-order valence-electron chi connectivity index (χ0n) is 21.3. The molecule has 37 heavy (non-hydrogen) atoms. The Morgan fingerprint density at radius 1 is 1.11 bits per heavy atom. The fraction of sp³-hybridized carbons (Fsp3) is 0.556. The van der Waals surface area contributed by atoms with Crippen LogP contribution in [0.3, 0.4) is 0 Å². The summed E-state index contributed by atoms with van der Waals surface area (Å²) in [7, 11) is 2.12. The van der Waals surface area contributed by atoms with E-state index in [9.17, 15) is 14.7 Å². The standard InChI is InChI=1S/C27H34N6O4/c1-30-11-5-8-21(30)17-37-26-28-23-16-31(13-18-6-3-2-4-7-18)24(34)12-22(23)25(29-26)32-14-19-9-10-20(15-32)33(19)27(35)36/h2-4,6-7,19-21H,5,8-17H2,1H3,(H,35,36)/t19-,20+,21-/m0/s1. The molecule has 2 bridgehead atoms. The van der Waals surface area contributed by atoms with E-state index in [4.69, 9.17) is 14.7 Å². The second-order valence-corrected chi connectivity index (χ2v) is 10.7.